The molecule has 0 spiro atoms. The normalized spacial score (nSPS) is 11.9. The molecule has 57 heavy (non-hydrogen) atoms. The maximum Gasteiger partial charge on any atom is 0.164 e. The zero-order valence-electron chi connectivity index (χ0n) is 30.4. The van der Waals surface area contributed by atoms with Crippen molar-refractivity contribution in [2.24, 2.45) is 0 Å². The number of aromatic nitrogens is 4. The van der Waals surface area contributed by atoms with E-state index < -0.39 is 0 Å². The van der Waals surface area contributed by atoms with Crippen LogP contribution in [0.15, 0.2) is 191 Å². The number of hydrogen-bond acceptors (Lipinski definition) is 5. The molecule has 0 bridgehead atoms. The minimum Gasteiger partial charge on any atom is -0.456 e. The van der Waals surface area contributed by atoms with E-state index in [-0.39, 0.29) is 0 Å². The highest BCUT2D eigenvalue weighted by Crippen LogP contribution is 2.42. The molecule has 266 valence electrons. The number of hydrogen-bond donors (Lipinski definition) is 0. The lowest BCUT2D eigenvalue weighted by atomic mass is 9.98. The molecular weight excluding hydrogens is 701 g/mol. The van der Waals surface area contributed by atoms with Crippen LogP contribution in [0.4, 0.5) is 0 Å². The lowest BCUT2D eigenvalue weighted by Crippen LogP contribution is -2.00. The number of rotatable bonds is 5. The summed E-state index contributed by atoms with van der Waals surface area (Å²) in [4.78, 5) is 14.8. The fourth-order valence-corrected chi connectivity index (χ4v) is 8.49. The summed E-state index contributed by atoms with van der Waals surface area (Å²) < 4.78 is 15.6. The molecule has 4 aromatic heterocycles. The summed E-state index contributed by atoms with van der Waals surface area (Å²) in [5.74, 6) is 1.82. The number of furan rings is 2. The first-order valence-corrected chi connectivity index (χ1v) is 19.0. The van der Waals surface area contributed by atoms with Gasteiger partial charge in [-0.2, -0.15) is 0 Å². The van der Waals surface area contributed by atoms with Crippen LogP contribution in [0.3, 0.4) is 0 Å². The second kappa shape index (κ2) is 12.3. The molecule has 6 heteroatoms. The van der Waals surface area contributed by atoms with Gasteiger partial charge in [-0.3, -0.25) is 0 Å². The second-order valence-corrected chi connectivity index (χ2v) is 14.4. The van der Waals surface area contributed by atoms with Crippen LogP contribution in [0, 0.1) is 0 Å². The van der Waals surface area contributed by atoms with Crippen molar-refractivity contribution in [2.75, 3.05) is 0 Å². The molecule has 12 aromatic rings. The maximum atomic E-state index is 6.65. The second-order valence-electron chi connectivity index (χ2n) is 14.4. The van der Waals surface area contributed by atoms with E-state index in [1.807, 2.05) is 72.8 Å². The van der Waals surface area contributed by atoms with E-state index in [2.05, 4.69) is 114 Å². The lowest BCUT2D eigenvalue weighted by Gasteiger charge is -2.09. The Morgan fingerprint density at radius 1 is 0.333 bits per heavy atom. The molecule has 4 heterocycles. The van der Waals surface area contributed by atoms with Gasteiger partial charge in [-0.25, -0.2) is 15.0 Å². The maximum absolute atomic E-state index is 6.65. The summed E-state index contributed by atoms with van der Waals surface area (Å²) in [6.07, 6.45) is 0. The monoisotopic (exact) mass is 730 g/mol. The highest BCUT2D eigenvalue weighted by molar-refractivity contribution is 6.16. The molecule has 0 saturated heterocycles. The van der Waals surface area contributed by atoms with E-state index in [1.54, 1.807) is 0 Å². The van der Waals surface area contributed by atoms with E-state index in [9.17, 15) is 0 Å². The Hall–Kier alpha value is -7.83. The van der Waals surface area contributed by atoms with Crippen molar-refractivity contribution in [2.45, 2.75) is 0 Å². The zero-order valence-corrected chi connectivity index (χ0v) is 30.4. The Morgan fingerprint density at radius 2 is 0.825 bits per heavy atom. The van der Waals surface area contributed by atoms with Gasteiger partial charge < -0.3 is 13.4 Å². The minimum absolute atomic E-state index is 0.584. The van der Waals surface area contributed by atoms with Gasteiger partial charge in [0.1, 0.15) is 22.3 Å². The van der Waals surface area contributed by atoms with Crippen LogP contribution in [-0.2, 0) is 0 Å². The van der Waals surface area contributed by atoms with Gasteiger partial charge >= 0.3 is 0 Å². The third kappa shape index (κ3) is 4.94. The number of para-hydroxylation sites is 2. The molecular formula is C51H30N4O2. The predicted octanol–water partition coefficient (Wildman–Crippen LogP) is 13.4. The van der Waals surface area contributed by atoms with Gasteiger partial charge in [-0.1, -0.05) is 127 Å². The first-order valence-electron chi connectivity index (χ1n) is 19.0. The smallest absolute Gasteiger partial charge is 0.164 e. The molecule has 0 aliphatic carbocycles. The highest BCUT2D eigenvalue weighted by atomic mass is 16.3. The predicted molar refractivity (Wildman–Crippen MR) is 230 cm³/mol. The number of fused-ring (bicyclic) bond motifs is 9. The summed E-state index contributed by atoms with van der Waals surface area (Å²) in [6, 6.07) is 62.6. The van der Waals surface area contributed by atoms with Crippen molar-refractivity contribution in [3.05, 3.63) is 182 Å². The molecule has 0 radical (unpaired) electrons. The fourth-order valence-electron chi connectivity index (χ4n) is 8.49. The van der Waals surface area contributed by atoms with Gasteiger partial charge in [-0.15, -0.1) is 0 Å². The third-order valence-corrected chi connectivity index (χ3v) is 11.1. The average molecular weight is 731 g/mol. The van der Waals surface area contributed by atoms with Crippen LogP contribution in [0.25, 0.3) is 117 Å². The first kappa shape index (κ1) is 31.5. The topological polar surface area (TPSA) is 69.9 Å². The van der Waals surface area contributed by atoms with E-state index >= 15 is 0 Å². The van der Waals surface area contributed by atoms with Crippen LogP contribution in [0.5, 0.6) is 0 Å². The van der Waals surface area contributed by atoms with Crippen molar-refractivity contribution in [3.63, 3.8) is 0 Å². The van der Waals surface area contributed by atoms with Crippen LogP contribution < -0.4 is 0 Å². The Morgan fingerprint density at radius 3 is 1.46 bits per heavy atom. The number of nitrogens with zero attached hydrogens (tertiary/aromatic N) is 4. The SMILES string of the molecule is c1ccc(-c2nc(-c3ccccc3)nc(-c3ccc4c(c3)oc3cccc(-c5ccc6c(c5)oc5cccc(-n7c8ccccc8c8ccccc87)c56)c34)n2)cc1. The Bertz CT molecular complexity index is 3410. The van der Waals surface area contributed by atoms with Gasteiger partial charge in [0.2, 0.25) is 0 Å². The summed E-state index contributed by atoms with van der Waals surface area (Å²) >= 11 is 0. The molecule has 8 aromatic carbocycles. The molecule has 0 aliphatic rings. The molecule has 6 nitrogen and oxygen atoms in total. The molecule has 12 rings (SSSR count). The van der Waals surface area contributed by atoms with Crippen molar-refractivity contribution in [3.8, 4) is 51.0 Å². The first-order chi connectivity index (χ1) is 28.2. The molecule has 0 fully saturated rings. The van der Waals surface area contributed by atoms with Crippen LogP contribution >= 0.6 is 0 Å². The van der Waals surface area contributed by atoms with Gasteiger partial charge in [-0.05, 0) is 65.7 Å². The van der Waals surface area contributed by atoms with Crippen molar-refractivity contribution >= 4 is 65.7 Å². The zero-order chi connectivity index (χ0) is 37.5. The van der Waals surface area contributed by atoms with E-state index in [1.165, 1.54) is 21.8 Å². The largest absolute Gasteiger partial charge is 0.456 e. The van der Waals surface area contributed by atoms with E-state index in [0.717, 1.165) is 77.4 Å². The van der Waals surface area contributed by atoms with Gasteiger partial charge in [0, 0.05) is 43.6 Å². The Kier molecular flexibility index (Phi) is 6.83. The lowest BCUT2D eigenvalue weighted by molar-refractivity contribution is 0.668. The molecule has 0 saturated carbocycles. The standard InChI is InChI=1S/C51H30N4O2/c1-3-13-31(14-4-1)49-52-50(32-15-5-2-6-16-32)54-51(53-49)34-26-28-38-46(30-34)56-43-23-11-19-35(47(38)43)33-25-27-39-45(29-33)57-44-24-12-22-42(48(39)44)55-40-20-9-7-17-36(40)37-18-8-10-21-41(37)55/h1-30H. The Balaban J connectivity index is 0.990. The quantitative estimate of drug-likeness (QED) is 0.176. The van der Waals surface area contributed by atoms with Crippen molar-refractivity contribution in [1.29, 1.82) is 0 Å². The minimum atomic E-state index is 0.584. The van der Waals surface area contributed by atoms with Crippen LogP contribution in [-0.4, -0.2) is 19.5 Å². The van der Waals surface area contributed by atoms with Crippen LogP contribution in [0.1, 0.15) is 0 Å². The Labute approximate surface area is 325 Å². The molecule has 0 N–H and O–H groups in total. The molecule has 0 atom stereocenters. The van der Waals surface area contributed by atoms with Crippen molar-refractivity contribution < 1.29 is 8.83 Å². The molecule has 0 aliphatic heterocycles. The third-order valence-electron chi connectivity index (χ3n) is 11.1. The molecule has 0 amide bonds. The van der Waals surface area contributed by atoms with Gasteiger partial charge in [0.25, 0.3) is 0 Å². The van der Waals surface area contributed by atoms with E-state index in [4.69, 9.17) is 23.8 Å². The molecule has 0 unspecified atom stereocenters. The summed E-state index contributed by atoms with van der Waals surface area (Å²) in [5, 5.41) is 6.69. The van der Waals surface area contributed by atoms with Gasteiger partial charge in [0.15, 0.2) is 17.5 Å². The highest BCUT2D eigenvalue weighted by Gasteiger charge is 2.20. The number of benzene rings is 8. The van der Waals surface area contributed by atoms with Gasteiger partial charge in [0.05, 0.1) is 22.1 Å². The summed E-state index contributed by atoms with van der Waals surface area (Å²) in [7, 11) is 0. The van der Waals surface area contributed by atoms with Crippen molar-refractivity contribution in [1.82, 2.24) is 19.5 Å². The summed E-state index contributed by atoms with van der Waals surface area (Å²) in [6.45, 7) is 0. The summed E-state index contributed by atoms with van der Waals surface area (Å²) in [5.41, 5.74) is 11.5. The van der Waals surface area contributed by atoms with Crippen LogP contribution in [0.2, 0.25) is 0 Å². The average Bonchev–Trinajstić information content (AvgIpc) is 3.96. The fraction of sp³-hybridized carbons (Fsp3) is 0. The van der Waals surface area contributed by atoms with E-state index in [0.29, 0.717) is 17.5 Å².